The van der Waals surface area contributed by atoms with E-state index in [1.54, 1.807) is 12.1 Å². The zero-order valence-corrected chi connectivity index (χ0v) is 9.31. The third kappa shape index (κ3) is 1.53. The van der Waals surface area contributed by atoms with Crippen LogP contribution in [0, 0.1) is 0 Å². The zero-order chi connectivity index (χ0) is 12.0. The van der Waals surface area contributed by atoms with Crippen molar-refractivity contribution < 1.29 is 13.2 Å². The Morgan fingerprint density at radius 3 is 2.88 bits per heavy atom. The van der Waals surface area contributed by atoms with E-state index in [4.69, 9.17) is 0 Å². The number of Topliss-reactive ketones (excluding diaryl/α,β-unsaturated/α-hetero) is 1. The van der Waals surface area contributed by atoms with Gasteiger partial charge in [0.15, 0.2) is 21.4 Å². The first kappa shape index (κ1) is 10.1. The highest BCUT2D eigenvalue weighted by Crippen LogP contribution is 2.28. The molecule has 84 valence electrons. The Morgan fingerprint density at radius 2 is 2.06 bits per heavy atom. The van der Waals surface area contributed by atoms with Crippen LogP contribution in [0.2, 0.25) is 0 Å². The Labute approximate surface area is 97.1 Å². The fourth-order valence-electron chi connectivity index (χ4n) is 1.70. The molecule has 3 rings (SSSR count). The van der Waals surface area contributed by atoms with E-state index in [9.17, 15) is 13.2 Å². The average Bonchev–Trinajstić information content (AvgIpc) is 2.30. The summed E-state index contributed by atoms with van der Waals surface area (Å²) in [6.07, 6.45) is 2.86. The molecular formula is C11H6N2O3S. The van der Waals surface area contributed by atoms with Gasteiger partial charge in [-0.25, -0.2) is 18.4 Å². The van der Waals surface area contributed by atoms with E-state index in [0.717, 1.165) is 10.8 Å². The van der Waals surface area contributed by atoms with Crippen molar-refractivity contribution in [1.82, 2.24) is 4.98 Å². The van der Waals surface area contributed by atoms with Crippen LogP contribution >= 0.6 is 0 Å². The van der Waals surface area contributed by atoms with Gasteiger partial charge in [0.1, 0.15) is 0 Å². The van der Waals surface area contributed by atoms with Crippen LogP contribution in [-0.4, -0.2) is 24.9 Å². The lowest BCUT2D eigenvalue weighted by atomic mass is 9.98. The SMILES string of the molecule is O=C1C2=CS(=O)(=O)C=CC2=Nc2ncccc21. The van der Waals surface area contributed by atoms with Crippen molar-refractivity contribution in [1.29, 1.82) is 0 Å². The average molecular weight is 246 g/mol. The molecule has 3 heterocycles. The minimum atomic E-state index is -3.45. The van der Waals surface area contributed by atoms with Crippen LogP contribution in [0.3, 0.4) is 0 Å². The Morgan fingerprint density at radius 1 is 1.24 bits per heavy atom. The van der Waals surface area contributed by atoms with Crippen molar-refractivity contribution in [3.8, 4) is 0 Å². The number of hydrogen-bond acceptors (Lipinski definition) is 5. The molecule has 0 spiro atoms. The number of hydrogen-bond donors (Lipinski definition) is 0. The Hall–Kier alpha value is -2.08. The summed E-state index contributed by atoms with van der Waals surface area (Å²) in [5.41, 5.74) is 0.775. The molecule has 0 fully saturated rings. The molecule has 0 bridgehead atoms. The zero-order valence-electron chi connectivity index (χ0n) is 8.49. The number of aromatic nitrogens is 1. The summed E-state index contributed by atoms with van der Waals surface area (Å²) in [4.78, 5) is 20.2. The number of carbonyl (C=O) groups excluding carboxylic acids is 1. The molecule has 0 amide bonds. The van der Waals surface area contributed by atoms with Gasteiger partial charge >= 0.3 is 0 Å². The maximum atomic E-state index is 12.1. The molecule has 0 radical (unpaired) electrons. The van der Waals surface area contributed by atoms with Crippen LogP contribution in [-0.2, 0) is 9.84 Å². The summed E-state index contributed by atoms with van der Waals surface area (Å²) in [5.74, 6) is -0.0281. The van der Waals surface area contributed by atoms with Gasteiger partial charge in [0.05, 0.1) is 16.8 Å². The van der Waals surface area contributed by atoms with Crippen molar-refractivity contribution >= 4 is 27.2 Å². The van der Waals surface area contributed by atoms with E-state index >= 15 is 0 Å². The van der Waals surface area contributed by atoms with Gasteiger partial charge in [-0.2, -0.15) is 0 Å². The van der Waals surface area contributed by atoms with Crippen molar-refractivity contribution in [2.45, 2.75) is 0 Å². The van der Waals surface area contributed by atoms with Gasteiger partial charge in [0, 0.05) is 17.0 Å². The summed E-state index contributed by atoms with van der Waals surface area (Å²) < 4.78 is 22.8. The van der Waals surface area contributed by atoms with E-state index in [1.165, 1.54) is 12.3 Å². The van der Waals surface area contributed by atoms with Gasteiger partial charge in [-0.15, -0.1) is 0 Å². The molecule has 0 N–H and O–H groups in total. The fourth-order valence-corrected chi connectivity index (χ4v) is 2.66. The molecular weight excluding hydrogens is 240 g/mol. The number of nitrogens with zero attached hydrogens (tertiary/aromatic N) is 2. The van der Waals surface area contributed by atoms with Crippen molar-refractivity contribution in [3.05, 3.63) is 46.4 Å². The monoisotopic (exact) mass is 246 g/mol. The van der Waals surface area contributed by atoms with E-state index in [2.05, 4.69) is 9.98 Å². The number of carbonyl (C=O) groups is 1. The first-order valence-corrected chi connectivity index (χ1v) is 6.41. The van der Waals surface area contributed by atoms with E-state index < -0.39 is 9.84 Å². The van der Waals surface area contributed by atoms with Crippen LogP contribution in [0.4, 0.5) is 5.82 Å². The van der Waals surface area contributed by atoms with Gasteiger partial charge in [-0.1, -0.05) is 0 Å². The minimum Gasteiger partial charge on any atom is -0.288 e. The molecule has 2 aliphatic rings. The van der Waals surface area contributed by atoms with Crippen molar-refractivity contribution in [3.63, 3.8) is 0 Å². The second kappa shape index (κ2) is 3.21. The topological polar surface area (TPSA) is 76.5 Å². The van der Waals surface area contributed by atoms with Gasteiger partial charge in [-0.3, -0.25) is 4.79 Å². The molecule has 0 aliphatic carbocycles. The van der Waals surface area contributed by atoms with Gasteiger partial charge in [0.25, 0.3) is 0 Å². The quantitative estimate of drug-likeness (QED) is 0.688. The molecule has 17 heavy (non-hydrogen) atoms. The summed E-state index contributed by atoms with van der Waals surface area (Å²) in [6, 6.07) is 3.20. The Kier molecular flexibility index (Phi) is 1.90. The molecule has 1 aromatic heterocycles. The Bertz CT molecular complexity index is 727. The number of pyridine rings is 1. The largest absolute Gasteiger partial charge is 0.288 e. The van der Waals surface area contributed by atoms with E-state index in [0.29, 0.717) is 17.1 Å². The molecule has 5 nitrogen and oxygen atoms in total. The maximum Gasteiger partial charge on any atom is 0.199 e. The standard InChI is InChI=1S/C11H6N2O3S/c14-10-7-2-1-4-12-11(7)13-9-3-5-17(15,16)6-8(9)10/h1-6H. The third-order valence-corrected chi connectivity index (χ3v) is 3.56. The molecule has 0 saturated carbocycles. The summed E-state index contributed by atoms with van der Waals surface area (Å²) >= 11 is 0. The maximum absolute atomic E-state index is 12.1. The second-order valence-corrected chi connectivity index (χ2v) is 5.31. The second-order valence-electron chi connectivity index (χ2n) is 3.62. The van der Waals surface area contributed by atoms with Crippen LogP contribution in [0.1, 0.15) is 10.4 Å². The summed E-state index contributed by atoms with van der Waals surface area (Å²) in [5, 5.41) is 1.97. The minimum absolute atomic E-state index is 0.105. The van der Waals surface area contributed by atoms with Crippen LogP contribution in [0.5, 0.6) is 0 Å². The van der Waals surface area contributed by atoms with Gasteiger partial charge < -0.3 is 0 Å². The molecule has 6 heteroatoms. The van der Waals surface area contributed by atoms with Crippen molar-refractivity contribution in [2.75, 3.05) is 0 Å². The fraction of sp³-hybridized carbons (Fsp3) is 0. The molecule has 0 atom stereocenters. The summed E-state index contributed by atoms with van der Waals surface area (Å²) in [6.45, 7) is 0. The number of aliphatic imine (C=N–C) groups is 1. The third-order valence-electron chi connectivity index (χ3n) is 2.48. The predicted octanol–water partition coefficient (Wildman–Crippen LogP) is 1.18. The van der Waals surface area contributed by atoms with E-state index in [1.807, 2.05) is 0 Å². The van der Waals surface area contributed by atoms with Crippen molar-refractivity contribution in [2.24, 2.45) is 4.99 Å². The number of fused-ring (bicyclic) bond motifs is 2. The number of rotatable bonds is 0. The normalized spacial score (nSPS) is 20.1. The lowest BCUT2D eigenvalue weighted by Gasteiger charge is -2.16. The van der Waals surface area contributed by atoms with Crippen LogP contribution in [0.25, 0.3) is 0 Å². The first-order valence-electron chi connectivity index (χ1n) is 4.80. The van der Waals surface area contributed by atoms with E-state index in [-0.39, 0.29) is 11.4 Å². The van der Waals surface area contributed by atoms with Crippen LogP contribution in [0.15, 0.2) is 45.8 Å². The van der Waals surface area contributed by atoms with Gasteiger partial charge in [0.2, 0.25) is 0 Å². The highest BCUT2D eigenvalue weighted by atomic mass is 32.2. The first-order chi connectivity index (χ1) is 8.07. The molecule has 0 unspecified atom stereocenters. The summed E-state index contributed by atoms with van der Waals surface area (Å²) in [7, 11) is -3.45. The highest BCUT2D eigenvalue weighted by molar-refractivity contribution is 7.97. The molecule has 1 aromatic rings. The lowest BCUT2D eigenvalue weighted by molar-refractivity contribution is 0.104. The molecule has 0 aromatic carbocycles. The molecule has 0 saturated heterocycles. The number of ketones is 1. The number of sulfone groups is 1. The highest BCUT2D eigenvalue weighted by Gasteiger charge is 2.28. The number of allylic oxidation sites excluding steroid dienone is 2. The predicted molar refractivity (Wildman–Crippen MR) is 61.8 cm³/mol. The van der Waals surface area contributed by atoms with Crippen LogP contribution < -0.4 is 0 Å². The molecule has 2 aliphatic heterocycles. The smallest absolute Gasteiger partial charge is 0.199 e. The lowest BCUT2D eigenvalue weighted by Crippen LogP contribution is -2.20. The van der Waals surface area contributed by atoms with Gasteiger partial charge in [-0.05, 0) is 18.2 Å². The Balaban J connectivity index is 2.30.